The van der Waals surface area contributed by atoms with Crippen molar-refractivity contribution >= 4 is 23.9 Å². The second-order valence-electron chi connectivity index (χ2n) is 8.15. The lowest BCUT2D eigenvalue weighted by Crippen LogP contribution is -2.54. The summed E-state index contributed by atoms with van der Waals surface area (Å²) >= 11 is 0. The third-order valence-corrected chi connectivity index (χ3v) is 5.08. The number of amides is 3. The minimum Gasteiger partial charge on any atom is -0.480 e. The predicted octanol–water partition coefficient (Wildman–Crippen LogP) is 1.91. The van der Waals surface area contributed by atoms with E-state index in [0.29, 0.717) is 25.8 Å². The van der Waals surface area contributed by atoms with Gasteiger partial charge in [0.2, 0.25) is 11.8 Å². The molecule has 1 heterocycles. The molecular weight excluding hydrogens is 402 g/mol. The molecule has 0 radical (unpaired) electrons. The number of likely N-dealkylation sites (tertiary alicyclic amines) is 1. The average Bonchev–Trinajstić information content (AvgIpc) is 3.21. The normalized spacial score (nSPS) is 17.7. The van der Waals surface area contributed by atoms with Gasteiger partial charge in [-0.2, -0.15) is 0 Å². The first-order chi connectivity index (χ1) is 14.7. The molecule has 1 aromatic carbocycles. The van der Waals surface area contributed by atoms with Crippen LogP contribution in [-0.2, 0) is 25.7 Å². The van der Waals surface area contributed by atoms with E-state index < -0.39 is 42.0 Å². The largest absolute Gasteiger partial charge is 0.480 e. The first kappa shape index (κ1) is 24.2. The van der Waals surface area contributed by atoms with Crippen LogP contribution in [0.15, 0.2) is 30.3 Å². The summed E-state index contributed by atoms with van der Waals surface area (Å²) in [7, 11) is 0. The number of hydrogen-bond acceptors (Lipinski definition) is 5. The molecule has 3 amide bonds. The molecule has 170 valence electrons. The summed E-state index contributed by atoms with van der Waals surface area (Å²) in [6, 6.07) is 6.50. The van der Waals surface area contributed by atoms with Gasteiger partial charge in [0.1, 0.15) is 24.7 Å². The Balaban J connectivity index is 1.90. The lowest BCUT2D eigenvalue weighted by atomic mass is 10.0. The van der Waals surface area contributed by atoms with Crippen molar-refractivity contribution < 1.29 is 29.0 Å². The Morgan fingerprint density at radius 3 is 2.42 bits per heavy atom. The number of rotatable bonds is 9. The molecule has 1 aliphatic rings. The molecule has 31 heavy (non-hydrogen) atoms. The summed E-state index contributed by atoms with van der Waals surface area (Å²) in [6.07, 6.45) is 0.633. The van der Waals surface area contributed by atoms with E-state index in [1.165, 1.54) is 11.8 Å². The van der Waals surface area contributed by atoms with Gasteiger partial charge in [0.05, 0.1) is 0 Å². The number of ether oxygens (including phenoxy) is 1. The maximum absolute atomic E-state index is 12.8. The highest BCUT2D eigenvalue weighted by molar-refractivity contribution is 5.93. The number of aliphatic carboxylic acids is 1. The van der Waals surface area contributed by atoms with Crippen molar-refractivity contribution in [3.8, 4) is 0 Å². The fourth-order valence-electron chi connectivity index (χ4n) is 3.52. The molecule has 1 aromatic rings. The molecule has 9 nitrogen and oxygen atoms in total. The van der Waals surface area contributed by atoms with E-state index in [1.54, 1.807) is 0 Å². The zero-order valence-corrected chi connectivity index (χ0v) is 18.2. The van der Waals surface area contributed by atoms with Gasteiger partial charge in [0, 0.05) is 6.54 Å². The van der Waals surface area contributed by atoms with Crippen LogP contribution in [0, 0.1) is 5.92 Å². The van der Waals surface area contributed by atoms with Crippen LogP contribution in [0.5, 0.6) is 0 Å². The summed E-state index contributed by atoms with van der Waals surface area (Å²) in [6.45, 7) is 5.71. The zero-order valence-electron chi connectivity index (χ0n) is 18.2. The van der Waals surface area contributed by atoms with Gasteiger partial charge in [-0.1, -0.05) is 44.2 Å². The number of carbonyl (C=O) groups is 4. The van der Waals surface area contributed by atoms with Crippen molar-refractivity contribution in [1.82, 2.24) is 15.5 Å². The summed E-state index contributed by atoms with van der Waals surface area (Å²) in [5, 5.41) is 14.4. The van der Waals surface area contributed by atoms with Gasteiger partial charge in [-0.3, -0.25) is 9.59 Å². The highest BCUT2D eigenvalue weighted by Crippen LogP contribution is 2.19. The van der Waals surface area contributed by atoms with E-state index in [1.807, 2.05) is 44.2 Å². The monoisotopic (exact) mass is 433 g/mol. The van der Waals surface area contributed by atoms with Gasteiger partial charge in [-0.05, 0) is 37.7 Å². The van der Waals surface area contributed by atoms with Crippen molar-refractivity contribution in [2.24, 2.45) is 5.92 Å². The fourth-order valence-corrected chi connectivity index (χ4v) is 3.52. The molecule has 1 fully saturated rings. The second-order valence-corrected chi connectivity index (χ2v) is 8.15. The Morgan fingerprint density at radius 2 is 1.81 bits per heavy atom. The van der Waals surface area contributed by atoms with Gasteiger partial charge < -0.3 is 25.4 Å². The minimum absolute atomic E-state index is 0.0781. The maximum atomic E-state index is 12.8. The van der Waals surface area contributed by atoms with Crippen molar-refractivity contribution in [2.45, 2.75) is 64.8 Å². The van der Waals surface area contributed by atoms with Crippen LogP contribution in [0.25, 0.3) is 0 Å². The number of carbonyl (C=O) groups excluding carboxylic acids is 3. The Bertz CT molecular complexity index is 783. The van der Waals surface area contributed by atoms with Crippen LogP contribution >= 0.6 is 0 Å². The number of hydrogen-bond donors (Lipinski definition) is 3. The molecule has 3 atom stereocenters. The van der Waals surface area contributed by atoms with E-state index in [-0.39, 0.29) is 12.5 Å². The molecule has 0 aliphatic carbocycles. The van der Waals surface area contributed by atoms with E-state index in [9.17, 15) is 24.3 Å². The SMILES string of the molecule is CC(C)C[C@H](NC(=O)[C@@H]1CCCN1C(=O)[C@H](C)NC(=O)OCc1ccccc1)C(=O)O. The number of nitrogens with one attached hydrogen (secondary N) is 2. The molecule has 0 spiro atoms. The summed E-state index contributed by atoms with van der Waals surface area (Å²) in [5.41, 5.74) is 0.822. The van der Waals surface area contributed by atoms with Crippen molar-refractivity contribution in [3.05, 3.63) is 35.9 Å². The number of benzene rings is 1. The van der Waals surface area contributed by atoms with Gasteiger partial charge in [0.25, 0.3) is 0 Å². The number of alkyl carbamates (subject to hydrolysis) is 1. The summed E-state index contributed by atoms with van der Waals surface area (Å²) in [5.74, 6) is -1.91. The highest BCUT2D eigenvalue weighted by Gasteiger charge is 2.37. The lowest BCUT2D eigenvalue weighted by molar-refractivity contribution is -0.144. The van der Waals surface area contributed by atoms with Gasteiger partial charge in [-0.25, -0.2) is 9.59 Å². The van der Waals surface area contributed by atoms with Crippen molar-refractivity contribution in [2.75, 3.05) is 6.54 Å². The highest BCUT2D eigenvalue weighted by atomic mass is 16.5. The van der Waals surface area contributed by atoms with Crippen molar-refractivity contribution in [1.29, 1.82) is 0 Å². The van der Waals surface area contributed by atoms with Crippen LogP contribution in [-0.4, -0.2) is 58.6 Å². The molecular formula is C22H31N3O6. The van der Waals surface area contributed by atoms with Crippen molar-refractivity contribution in [3.63, 3.8) is 0 Å². The van der Waals surface area contributed by atoms with E-state index >= 15 is 0 Å². The molecule has 1 saturated heterocycles. The third kappa shape index (κ3) is 7.27. The van der Waals surface area contributed by atoms with Crippen LogP contribution < -0.4 is 10.6 Å². The molecule has 0 aromatic heterocycles. The quantitative estimate of drug-likeness (QED) is 0.546. The smallest absolute Gasteiger partial charge is 0.408 e. The second kappa shape index (κ2) is 11.3. The summed E-state index contributed by atoms with van der Waals surface area (Å²) < 4.78 is 5.14. The molecule has 0 unspecified atom stereocenters. The predicted molar refractivity (Wildman–Crippen MR) is 113 cm³/mol. The number of nitrogens with zero attached hydrogens (tertiary/aromatic N) is 1. The molecule has 3 N–H and O–H groups in total. The molecule has 0 saturated carbocycles. The van der Waals surface area contributed by atoms with E-state index in [2.05, 4.69) is 10.6 Å². The third-order valence-electron chi connectivity index (χ3n) is 5.08. The van der Waals surface area contributed by atoms with Gasteiger partial charge in [0.15, 0.2) is 0 Å². The number of carboxylic acids is 1. The topological polar surface area (TPSA) is 125 Å². The van der Waals surface area contributed by atoms with Crippen LogP contribution in [0.4, 0.5) is 4.79 Å². The Hall–Kier alpha value is -3.10. The molecule has 2 rings (SSSR count). The average molecular weight is 434 g/mol. The fraction of sp³-hybridized carbons (Fsp3) is 0.545. The first-order valence-electron chi connectivity index (χ1n) is 10.5. The van der Waals surface area contributed by atoms with Gasteiger partial charge >= 0.3 is 12.1 Å². The molecule has 1 aliphatic heterocycles. The summed E-state index contributed by atoms with van der Waals surface area (Å²) in [4.78, 5) is 50.4. The first-order valence-corrected chi connectivity index (χ1v) is 10.5. The standard InChI is InChI=1S/C22H31N3O6/c1-14(2)12-17(21(28)29)24-19(26)18-10-7-11-25(18)20(27)15(3)23-22(30)31-13-16-8-5-4-6-9-16/h4-6,8-9,14-15,17-18H,7,10-13H2,1-3H3,(H,23,30)(H,24,26)(H,28,29)/t15-,17-,18-/m0/s1. The number of carboxylic acid groups (broad SMARTS) is 1. The Kier molecular flexibility index (Phi) is 8.84. The van der Waals surface area contributed by atoms with Crippen LogP contribution in [0.3, 0.4) is 0 Å². The molecule has 9 heteroatoms. The van der Waals surface area contributed by atoms with Crippen LogP contribution in [0.2, 0.25) is 0 Å². The lowest BCUT2D eigenvalue weighted by Gasteiger charge is -2.28. The zero-order chi connectivity index (χ0) is 23.0. The van der Waals surface area contributed by atoms with Crippen LogP contribution in [0.1, 0.15) is 45.6 Å². The maximum Gasteiger partial charge on any atom is 0.408 e. The Labute approximate surface area is 182 Å². The van der Waals surface area contributed by atoms with Gasteiger partial charge in [-0.15, -0.1) is 0 Å². The van der Waals surface area contributed by atoms with E-state index in [4.69, 9.17) is 4.74 Å². The minimum atomic E-state index is -1.10. The van der Waals surface area contributed by atoms with E-state index in [0.717, 1.165) is 5.56 Å². The molecule has 0 bridgehead atoms. The Morgan fingerprint density at radius 1 is 1.13 bits per heavy atom.